The summed E-state index contributed by atoms with van der Waals surface area (Å²) in [5.41, 5.74) is 3.01. The van der Waals surface area contributed by atoms with Crippen molar-refractivity contribution in [2.75, 3.05) is 25.2 Å². The van der Waals surface area contributed by atoms with Gasteiger partial charge in [-0.15, -0.1) is 0 Å². The number of benzene rings is 2. The molecule has 0 saturated carbocycles. The number of nitrogens with zero attached hydrogens (tertiary/aromatic N) is 1. The lowest BCUT2D eigenvalue weighted by atomic mass is 9.83. The van der Waals surface area contributed by atoms with E-state index in [1.165, 1.54) is 30.3 Å². The Labute approximate surface area is 205 Å². The smallest absolute Gasteiger partial charge is 0.381 e. The molecule has 2 N–H and O–H groups in total. The van der Waals surface area contributed by atoms with Crippen LogP contribution in [0.4, 0.5) is 18.9 Å². The predicted octanol–water partition coefficient (Wildman–Crippen LogP) is 4.39. The number of halogens is 3. The molecule has 1 unspecified atom stereocenters. The minimum atomic E-state index is -4.69. The summed E-state index contributed by atoms with van der Waals surface area (Å²) in [4.78, 5) is 13.1. The van der Waals surface area contributed by atoms with E-state index in [0.29, 0.717) is 10.6 Å². The van der Waals surface area contributed by atoms with Gasteiger partial charge in [-0.3, -0.25) is 4.79 Å². The molecule has 0 radical (unpaired) electrons. The van der Waals surface area contributed by atoms with Crippen LogP contribution < -0.4 is 10.0 Å². The SMILES string of the molecule is CNS(=O)(=O)CCCC(=O)N(C)[C@@H](c1ccc(NC2Cc3ccccc3C2(C)C)cc1)C(F)(F)F. The Morgan fingerprint density at radius 3 is 2.34 bits per heavy atom. The van der Waals surface area contributed by atoms with E-state index in [9.17, 15) is 26.4 Å². The van der Waals surface area contributed by atoms with Crippen molar-refractivity contribution in [2.24, 2.45) is 0 Å². The number of nitrogens with one attached hydrogen (secondary N) is 2. The second-order valence-electron chi connectivity index (χ2n) is 9.48. The van der Waals surface area contributed by atoms with E-state index in [0.717, 1.165) is 13.5 Å². The van der Waals surface area contributed by atoms with Crippen LogP contribution in [-0.2, 0) is 26.7 Å². The fourth-order valence-electron chi connectivity index (χ4n) is 4.65. The lowest BCUT2D eigenvalue weighted by molar-refractivity contribution is -0.188. The highest BCUT2D eigenvalue weighted by Gasteiger charge is 2.45. The van der Waals surface area contributed by atoms with Crippen molar-refractivity contribution in [3.8, 4) is 0 Å². The number of anilines is 1. The standard InChI is InChI=1S/C25H32F3N3O3S/c1-24(2)20-9-6-5-8-18(20)16-21(24)30-19-13-11-17(12-14-19)23(25(26,27)28)31(4)22(32)10-7-15-35(33,34)29-3/h5-6,8-9,11-14,21,23,29-30H,7,10,15-16H2,1-4H3/t21?,23-/m0/s1. The van der Waals surface area contributed by atoms with Crippen molar-refractivity contribution >= 4 is 21.6 Å². The Morgan fingerprint density at radius 2 is 1.77 bits per heavy atom. The maximum atomic E-state index is 13.9. The monoisotopic (exact) mass is 511 g/mol. The van der Waals surface area contributed by atoms with Crippen LogP contribution in [0, 0.1) is 0 Å². The van der Waals surface area contributed by atoms with Gasteiger partial charge >= 0.3 is 6.18 Å². The van der Waals surface area contributed by atoms with Gasteiger partial charge in [-0.2, -0.15) is 13.2 Å². The van der Waals surface area contributed by atoms with Crippen LogP contribution in [0.1, 0.15) is 49.4 Å². The van der Waals surface area contributed by atoms with E-state index in [4.69, 9.17) is 0 Å². The molecule has 0 fully saturated rings. The van der Waals surface area contributed by atoms with Crippen molar-refractivity contribution in [3.63, 3.8) is 0 Å². The Balaban J connectivity index is 1.72. The summed E-state index contributed by atoms with van der Waals surface area (Å²) in [6.45, 7) is 4.29. The van der Waals surface area contributed by atoms with Crippen molar-refractivity contribution in [1.82, 2.24) is 9.62 Å². The summed E-state index contributed by atoms with van der Waals surface area (Å²) in [6, 6.07) is 12.1. The second-order valence-corrected chi connectivity index (χ2v) is 11.5. The van der Waals surface area contributed by atoms with Crippen LogP contribution in [0.15, 0.2) is 48.5 Å². The summed E-state index contributed by atoms with van der Waals surface area (Å²) >= 11 is 0. The number of amides is 1. The Hall–Kier alpha value is -2.59. The zero-order valence-electron chi connectivity index (χ0n) is 20.3. The lowest BCUT2D eigenvalue weighted by Crippen LogP contribution is -2.40. The number of carbonyl (C=O) groups is 1. The molecule has 0 spiro atoms. The van der Waals surface area contributed by atoms with E-state index in [-0.39, 0.29) is 35.6 Å². The first kappa shape index (κ1) is 27.0. The number of carbonyl (C=O) groups excluding carboxylic acids is 1. The van der Waals surface area contributed by atoms with Gasteiger partial charge < -0.3 is 10.2 Å². The molecular weight excluding hydrogens is 479 g/mol. The van der Waals surface area contributed by atoms with Gasteiger partial charge in [-0.1, -0.05) is 50.2 Å². The van der Waals surface area contributed by atoms with Gasteiger partial charge in [0, 0.05) is 30.6 Å². The Bertz CT molecular complexity index is 1150. The molecule has 1 aliphatic carbocycles. The molecule has 3 rings (SSSR count). The van der Waals surface area contributed by atoms with E-state index >= 15 is 0 Å². The average Bonchev–Trinajstić information content (AvgIpc) is 3.03. The average molecular weight is 512 g/mol. The summed E-state index contributed by atoms with van der Waals surface area (Å²) in [6.07, 6.45) is -4.25. The van der Waals surface area contributed by atoms with Crippen LogP contribution in [0.25, 0.3) is 0 Å². The van der Waals surface area contributed by atoms with Crippen molar-refractivity contribution in [1.29, 1.82) is 0 Å². The molecule has 6 nitrogen and oxygen atoms in total. The molecule has 0 heterocycles. The van der Waals surface area contributed by atoms with E-state index < -0.39 is 28.1 Å². The fraction of sp³-hybridized carbons (Fsp3) is 0.480. The van der Waals surface area contributed by atoms with Crippen LogP contribution in [0.5, 0.6) is 0 Å². The first-order chi connectivity index (χ1) is 16.3. The highest BCUT2D eigenvalue weighted by atomic mass is 32.2. The van der Waals surface area contributed by atoms with E-state index in [1.807, 2.05) is 12.1 Å². The van der Waals surface area contributed by atoms with Crippen molar-refractivity contribution in [3.05, 3.63) is 65.2 Å². The zero-order chi connectivity index (χ0) is 26.0. The van der Waals surface area contributed by atoms with Gasteiger partial charge in [-0.05, 0) is 48.7 Å². The van der Waals surface area contributed by atoms with Gasteiger partial charge in [0.1, 0.15) is 0 Å². The number of hydrogen-bond donors (Lipinski definition) is 2. The van der Waals surface area contributed by atoms with Gasteiger partial charge in [0.25, 0.3) is 0 Å². The summed E-state index contributed by atoms with van der Waals surface area (Å²) in [5, 5.41) is 3.46. The quantitative estimate of drug-likeness (QED) is 0.524. The zero-order valence-corrected chi connectivity index (χ0v) is 21.1. The Morgan fingerprint density at radius 1 is 1.14 bits per heavy atom. The van der Waals surface area contributed by atoms with Crippen LogP contribution in [0.3, 0.4) is 0 Å². The maximum absolute atomic E-state index is 13.9. The van der Waals surface area contributed by atoms with Gasteiger partial charge in [0.2, 0.25) is 15.9 Å². The molecule has 2 atom stereocenters. The molecule has 0 saturated heterocycles. The molecule has 0 aliphatic heterocycles. The third-order valence-corrected chi connectivity index (χ3v) is 8.23. The summed E-state index contributed by atoms with van der Waals surface area (Å²) in [5.74, 6) is -1.10. The van der Waals surface area contributed by atoms with Gasteiger partial charge in [-0.25, -0.2) is 13.1 Å². The fourth-order valence-corrected chi connectivity index (χ4v) is 5.38. The molecule has 192 valence electrons. The molecule has 2 aromatic carbocycles. The molecule has 35 heavy (non-hydrogen) atoms. The molecule has 0 bridgehead atoms. The molecular formula is C25H32F3N3O3S. The normalized spacial score (nSPS) is 18.1. The first-order valence-electron chi connectivity index (χ1n) is 11.4. The topological polar surface area (TPSA) is 78.5 Å². The third kappa shape index (κ3) is 6.16. The van der Waals surface area contributed by atoms with Crippen molar-refractivity contribution in [2.45, 2.75) is 56.8 Å². The molecule has 2 aromatic rings. The Kier molecular flexibility index (Phi) is 7.86. The first-order valence-corrected chi connectivity index (χ1v) is 13.1. The van der Waals surface area contributed by atoms with E-state index in [2.05, 4.69) is 36.0 Å². The summed E-state index contributed by atoms with van der Waals surface area (Å²) < 4.78 is 67.0. The number of hydrogen-bond acceptors (Lipinski definition) is 4. The lowest BCUT2D eigenvalue weighted by Gasteiger charge is -2.31. The minimum Gasteiger partial charge on any atom is -0.381 e. The molecule has 1 amide bonds. The van der Waals surface area contributed by atoms with Crippen LogP contribution in [0.2, 0.25) is 0 Å². The van der Waals surface area contributed by atoms with Gasteiger partial charge in [0.15, 0.2) is 6.04 Å². The third-order valence-electron chi connectivity index (χ3n) is 6.78. The number of sulfonamides is 1. The molecule has 10 heteroatoms. The van der Waals surface area contributed by atoms with E-state index in [1.54, 1.807) is 12.1 Å². The van der Waals surface area contributed by atoms with Crippen LogP contribution in [-0.4, -0.2) is 51.3 Å². The minimum absolute atomic E-state index is 0.0595. The highest BCUT2D eigenvalue weighted by molar-refractivity contribution is 7.89. The number of fused-ring (bicyclic) bond motifs is 1. The van der Waals surface area contributed by atoms with Gasteiger partial charge in [0.05, 0.1) is 5.75 Å². The largest absolute Gasteiger partial charge is 0.413 e. The number of alkyl halides is 3. The summed E-state index contributed by atoms with van der Waals surface area (Å²) in [7, 11) is -1.19. The molecule has 1 aliphatic rings. The highest BCUT2D eigenvalue weighted by Crippen LogP contribution is 2.41. The molecule has 0 aromatic heterocycles. The van der Waals surface area contributed by atoms with Crippen molar-refractivity contribution < 1.29 is 26.4 Å². The number of rotatable bonds is 9. The second kappa shape index (κ2) is 10.2. The predicted molar refractivity (Wildman–Crippen MR) is 131 cm³/mol. The van der Waals surface area contributed by atoms with Crippen LogP contribution >= 0.6 is 0 Å². The maximum Gasteiger partial charge on any atom is 0.413 e.